The molecule has 0 atom stereocenters. The second-order valence-electron chi connectivity index (χ2n) is 6.98. The highest BCUT2D eigenvalue weighted by atomic mass is 16.6. The van der Waals surface area contributed by atoms with Crippen LogP contribution in [0.2, 0.25) is 0 Å². The van der Waals surface area contributed by atoms with Crippen LogP contribution in [0, 0.1) is 30.3 Å². The van der Waals surface area contributed by atoms with Gasteiger partial charge < -0.3 is 9.47 Å². The molecule has 174 valence electrons. The third-order valence-electron chi connectivity index (χ3n) is 4.71. The number of carbonyl (C=O) groups is 1. The maximum absolute atomic E-state index is 12.2. The lowest BCUT2D eigenvalue weighted by Gasteiger charge is -2.06. The van der Waals surface area contributed by atoms with E-state index in [0.29, 0.717) is 11.1 Å². The normalized spacial score (nSPS) is 13.8. The van der Waals surface area contributed by atoms with Gasteiger partial charge in [-0.1, -0.05) is 12.1 Å². The van der Waals surface area contributed by atoms with Crippen LogP contribution in [0.1, 0.15) is 11.1 Å². The average molecular weight is 476 g/mol. The third-order valence-corrected chi connectivity index (χ3v) is 4.71. The second kappa shape index (κ2) is 9.19. The third kappa shape index (κ3) is 4.98. The Balaban J connectivity index is 1.53. The van der Waals surface area contributed by atoms with Crippen LogP contribution in [0.5, 0.6) is 11.5 Å². The van der Waals surface area contributed by atoms with E-state index in [4.69, 9.17) is 9.47 Å². The highest BCUT2D eigenvalue weighted by Gasteiger charge is 2.25. The summed E-state index contributed by atoms with van der Waals surface area (Å²) >= 11 is 0. The van der Waals surface area contributed by atoms with Crippen molar-refractivity contribution in [3.63, 3.8) is 0 Å². The van der Waals surface area contributed by atoms with Gasteiger partial charge in [-0.2, -0.15) is 0 Å². The molecular weight excluding hydrogens is 464 g/mol. The quantitative estimate of drug-likeness (QED) is 0.205. The molecule has 13 heteroatoms. The fourth-order valence-electron chi connectivity index (χ4n) is 3.02. The van der Waals surface area contributed by atoms with Crippen LogP contribution in [0.25, 0.3) is 6.08 Å². The Hall–Kier alpha value is -5.46. The first-order valence-corrected chi connectivity index (χ1v) is 9.69. The summed E-state index contributed by atoms with van der Waals surface area (Å²) < 4.78 is 10.6. The number of cyclic esters (lactones) is 1. The molecule has 3 aromatic carbocycles. The number of benzene rings is 3. The molecule has 0 N–H and O–H groups in total. The molecule has 0 saturated carbocycles. The summed E-state index contributed by atoms with van der Waals surface area (Å²) in [5, 5.41) is 32.9. The van der Waals surface area contributed by atoms with Gasteiger partial charge in [-0.05, 0) is 42.0 Å². The SMILES string of the molecule is O=C1OC(c2ccc([N+](=O)[O-])cc2)=N/C1=C\c1ccc(Oc2ccc([N+](=O)[O-])cc2[N+](=O)[O-])cc1. The van der Waals surface area contributed by atoms with Crippen molar-refractivity contribution < 1.29 is 29.0 Å². The molecule has 0 unspecified atom stereocenters. The topological polar surface area (TPSA) is 177 Å². The van der Waals surface area contributed by atoms with Gasteiger partial charge in [0.05, 0.1) is 20.8 Å². The maximum Gasteiger partial charge on any atom is 0.363 e. The minimum absolute atomic E-state index is 0.00146. The lowest BCUT2D eigenvalue weighted by Crippen LogP contribution is -2.05. The van der Waals surface area contributed by atoms with Gasteiger partial charge in [0, 0.05) is 23.8 Å². The summed E-state index contributed by atoms with van der Waals surface area (Å²) in [7, 11) is 0. The van der Waals surface area contributed by atoms with E-state index in [1.165, 1.54) is 42.5 Å². The maximum atomic E-state index is 12.2. The molecule has 3 aromatic rings. The summed E-state index contributed by atoms with van der Waals surface area (Å²) in [5.41, 5.74) is -0.193. The number of ether oxygens (including phenoxy) is 2. The molecule has 0 saturated heterocycles. The van der Waals surface area contributed by atoms with Crippen molar-refractivity contribution in [1.29, 1.82) is 0 Å². The number of hydrogen-bond acceptors (Lipinski definition) is 10. The van der Waals surface area contributed by atoms with Gasteiger partial charge in [0.25, 0.3) is 11.4 Å². The predicted octanol–water partition coefficient (Wildman–Crippen LogP) is 4.55. The summed E-state index contributed by atoms with van der Waals surface area (Å²) in [5.74, 6) is -0.668. The molecule has 1 aliphatic rings. The molecule has 0 aliphatic carbocycles. The van der Waals surface area contributed by atoms with E-state index in [1.807, 2.05) is 0 Å². The van der Waals surface area contributed by atoms with Crippen molar-refractivity contribution in [2.75, 3.05) is 0 Å². The number of carbonyl (C=O) groups excluding carboxylic acids is 1. The van der Waals surface area contributed by atoms with Crippen LogP contribution in [0.15, 0.2) is 77.4 Å². The zero-order chi connectivity index (χ0) is 25.1. The van der Waals surface area contributed by atoms with Crippen LogP contribution in [0.4, 0.5) is 17.1 Å². The Morgan fingerprint density at radius 1 is 0.800 bits per heavy atom. The fraction of sp³-hybridized carbons (Fsp3) is 0. The summed E-state index contributed by atoms with van der Waals surface area (Å²) in [6, 6.07) is 14.5. The summed E-state index contributed by atoms with van der Waals surface area (Å²) in [6.45, 7) is 0. The van der Waals surface area contributed by atoms with Crippen LogP contribution < -0.4 is 4.74 Å². The minimum atomic E-state index is -0.784. The number of nitrogens with zero attached hydrogens (tertiary/aromatic N) is 4. The van der Waals surface area contributed by atoms with Crippen molar-refractivity contribution in [1.82, 2.24) is 0 Å². The first-order valence-electron chi connectivity index (χ1n) is 9.69. The van der Waals surface area contributed by atoms with Gasteiger partial charge in [0.2, 0.25) is 11.6 Å². The number of aliphatic imine (C=N–C) groups is 1. The molecule has 0 fully saturated rings. The Morgan fingerprint density at radius 2 is 1.43 bits per heavy atom. The Kier molecular flexibility index (Phi) is 5.96. The molecule has 4 rings (SSSR count). The van der Waals surface area contributed by atoms with E-state index in [1.54, 1.807) is 12.1 Å². The highest BCUT2D eigenvalue weighted by Crippen LogP contribution is 2.34. The number of nitro groups is 3. The van der Waals surface area contributed by atoms with Crippen LogP contribution >= 0.6 is 0 Å². The van der Waals surface area contributed by atoms with Gasteiger partial charge >= 0.3 is 11.7 Å². The molecule has 1 heterocycles. The standard InChI is InChI=1S/C22H12N4O9/c27-22-18(23-21(35-22)14-3-5-15(6-4-14)24(28)29)11-13-1-8-17(9-2-13)34-20-10-7-16(25(30)31)12-19(20)26(32)33/h1-12H/b18-11-. The Labute approximate surface area is 195 Å². The van der Waals surface area contributed by atoms with E-state index in [9.17, 15) is 35.1 Å². The Bertz CT molecular complexity index is 1430. The number of rotatable bonds is 7. The van der Waals surface area contributed by atoms with E-state index in [2.05, 4.69) is 4.99 Å². The number of esters is 1. The summed E-state index contributed by atoms with van der Waals surface area (Å²) in [6.07, 6.45) is 1.44. The van der Waals surface area contributed by atoms with Gasteiger partial charge in [0.15, 0.2) is 5.70 Å². The zero-order valence-corrected chi connectivity index (χ0v) is 17.4. The lowest BCUT2D eigenvalue weighted by molar-refractivity contribution is -0.394. The first-order chi connectivity index (χ1) is 16.7. The van der Waals surface area contributed by atoms with Crippen molar-refractivity contribution in [3.8, 4) is 11.5 Å². The predicted molar refractivity (Wildman–Crippen MR) is 120 cm³/mol. The zero-order valence-electron chi connectivity index (χ0n) is 17.4. The second-order valence-corrected chi connectivity index (χ2v) is 6.98. The van der Waals surface area contributed by atoms with Gasteiger partial charge in [-0.25, -0.2) is 9.79 Å². The summed E-state index contributed by atoms with van der Waals surface area (Å²) in [4.78, 5) is 47.1. The fourth-order valence-corrected chi connectivity index (χ4v) is 3.02. The number of hydrogen-bond donors (Lipinski definition) is 0. The van der Waals surface area contributed by atoms with Crippen LogP contribution in [-0.4, -0.2) is 26.6 Å². The Morgan fingerprint density at radius 3 is 2.03 bits per heavy atom. The molecule has 0 aromatic heterocycles. The van der Waals surface area contributed by atoms with Crippen molar-refractivity contribution in [2.45, 2.75) is 0 Å². The monoisotopic (exact) mass is 476 g/mol. The number of non-ortho nitro benzene ring substituents is 2. The molecule has 0 spiro atoms. The largest absolute Gasteiger partial charge is 0.450 e. The average Bonchev–Trinajstić information content (AvgIpc) is 3.20. The molecule has 1 aliphatic heterocycles. The van der Waals surface area contributed by atoms with Gasteiger partial charge in [0.1, 0.15) is 5.75 Å². The van der Waals surface area contributed by atoms with E-state index >= 15 is 0 Å². The molecule has 0 radical (unpaired) electrons. The molecule has 35 heavy (non-hydrogen) atoms. The van der Waals surface area contributed by atoms with Gasteiger partial charge in [-0.15, -0.1) is 0 Å². The molecule has 0 amide bonds. The van der Waals surface area contributed by atoms with Crippen molar-refractivity contribution in [3.05, 3.63) is 114 Å². The van der Waals surface area contributed by atoms with E-state index in [-0.39, 0.29) is 28.8 Å². The molecule has 13 nitrogen and oxygen atoms in total. The smallest absolute Gasteiger partial charge is 0.363 e. The minimum Gasteiger partial charge on any atom is -0.450 e. The molecular formula is C22H12N4O9. The van der Waals surface area contributed by atoms with E-state index in [0.717, 1.165) is 18.2 Å². The van der Waals surface area contributed by atoms with E-state index < -0.39 is 32.1 Å². The molecule has 0 bridgehead atoms. The number of nitro benzene ring substituents is 3. The van der Waals surface area contributed by atoms with Gasteiger partial charge in [-0.3, -0.25) is 30.3 Å². The van der Waals surface area contributed by atoms with Crippen molar-refractivity contribution >= 4 is 35.0 Å². The van der Waals surface area contributed by atoms with Crippen LogP contribution in [-0.2, 0) is 9.53 Å². The first kappa shape index (κ1) is 22.7. The van der Waals surface area contributed by atoms with Crippen molar-refractivity contribution in [2.24, 2.45) is 4.99 Å². The highest BCUT2D eigenvalue weighted by molar-refractivity contribution is 6.12. The lowest BCUT2D eigenvalue weighted by atomic mass is 10.2. The van der Waals surface area contributed by atoms with Crippen LogP contribution in [0.3, 0.4) is 0 Å².